The molecule has 4 atom stereocenters. The van der Waals surface area contributed by atoms with Crippen LogP contribution in [0.1, 0.15) is 194 Å². The van der Waals surface area contributed by atoms with Gasteiger partial charge in [0.2, 0.25) is 5.91 Å². The van der Waals surface area contributed by atoms with Crippen molar-refractivity contribution in [1.29, 1.82) is 0 Å². The Labute approximate surface area is 325 Å². The molecule has 4 unspecified atom stereocenters. The van der Waals surface area contributed by atoms with Crippen LogP contribution in [0.15, 0.2) is 36.5 Å². The van der Waals surface area contributed by atoms with E-state index in [0.29, 0.717) is 12.8 Å². The second-order valence-corrected chi connectivity index (χ2v) is 16.2. The van der Waals surface area contributed by atoms with Gasteiger partial charge in [0.25, 0.3) is 0 Å². The minimum Gasteiger partial charge on any atom is -0.393 e. The van der Waals surface area contributed by atoms with E-state index in [1.807, 2.05) is 6.08 Å². The molecule has 0 heterocycles. The summed E-state index contributed by atoms with van der Waals surface area (Å²) in [6.45, 7) is 3.93. The molecule has 6 N–H and O–H groups in total. The lowest BCUT2D eigenvalue weighted by Crippen LogP contribution is -2.46. The standard InChI is InChI=1S/C43H83N2O7P/c1-3-5-7-9-11-13-15-17-19-21-22-24-26-28-30-32-34-40(46)38-43(48)45-41(39-52-53(49,50)51-37-36-44)42(47)35-33-31-29-27-25-23-20-18-16-14-12-10-8-6-4-2/h16,18,25,27,33,35,40-42,46-47H,3-15,17,19-24,26,28-32,34,36-39,44H2,1-2H3,(H,45,48)(H,49,50)/b18-16+,27-25+,35-33+. The number of nitrogens with one attached hydrogen (secondary N) is 1. The van der Waals surface area contributed by atoms with Crippen molar-refractivity contribution >= 4 is 13.7 Å². The van der Waals surface area contributed by atoms with Crippen molar-refractivity contribution in [3.63, 3.8) is 0 Å². The molecule has 0 rings (SSSR count). The fraction of sp³-hybridized carbons (Fsp3) is 0.837. The zero-order valence-corrected chi connectivity index (χ0v) is 35.0. The summed E-state index contributed by atoms with van der Waals surface area (Å²) >= 11 is 0. The molecule has 0 aromatic carbocycles. The van der Waals surface area contributed by atoms with E-state index in [1.54, 1.807) is 6.08 Å². The van der Waals surface area contributed by atoms with Gasteiger partial charge in [0.05, 0.1) is 37.9 Å². The Kier molecular flexibility index (Phi) is 38.0. The van der Waals surface area contributed by atoms with Crippen LogP contribution in [-0.4, -0.2) is 59.0 Å². The van der Waals surface area contributed by atoms with Crippen molar-refractivity contribution in [2.75, 3.05) is 19.8 Å². The average molecular weight is 771 g/mol. The van der Waals surface area contributed by atoms with Gasteiger partial charge >= 0.3 is 7.82 Å². The maximum atomic E-state index is 12.8. The molecule has 0 aromatic heterocycles. The lowest BCUT2D eigenvalue weighted by atomic mass is 10.0. The van der Waals surface area contributed by atoms with Gasteiger partial charge in [-0.2, -0.15) is 0 Å². The first-order chi connectivity index (χ1) is 25.8. The van der Waals surface area contributed by atoms with Crippen LogP contribution in [0.3, 0.4) is 0 Å². The van der Waals surface area contributed by atoms with E-state index in [4.69, 9.17) is 14.8 Å². The van der Waals surface area contributed by atoms with Crippen LogP contribution in [-0.2, 0) is 18.4 Å². The molecule has 0 saturated carbocycles. The van der Waals surface area contributed by atoms with E-state index < -0.39 is 38.6 Å². The first kappa shape index (κ1) is 51.7. The number of allylic oxidation sites excluding steroid dienone is 5. The molecule has 0 saturated heterocycles. The Morgan fingerprint density at radius 1 is 0.642 bits per heavy atom. The number of carbonyl (C=O) groups is 1. The Balaban J connectivity index is 4.38. The van der Waals surface area contributed by atoms with E-state index in [9.17, 15) is 24.5 Å². The quantitative estimate of drug-likeness (QED) is 0.0235. The Bertz CT molecular complexity index is 946. The monoisotopic (exact) mass is 771 g/mol. The highest BCUT2D eigenvalue weighted by molar-refractivity contribution is 7.47. The molecule has 0 fully saturated rings. The summed E-state index contributed by atoms with van der Waals surface area (Å²) in [6.07, 6.45) is 42.3. The number of phosphoric acid groups is 1. The van der Waals surface area contributed by atoms with Crippen molar-refractivity contribution in [3.8, 4) is 0 Å². The summed E-state index contributed by atoms with van der Waals surface area (Å²) in [7, 11) is -4.41. The Morgan fingerprint density at radius 3 is 1.57 bits per heavy atom. The molecule has 10 heteroatoms. The summed E-state index contributed by atoms with van der Waals surface area (Å²) in [5, 5.41) is 24.0. The molecule has 53 heavy (non-hydrogen) atoms. The van der Waals surface area contributed by atoms with E-state index in [1.165, 1.54) is 116 Å². The first-order valence-corrected chi connectivity index (χ1v) is 23.2. The van der Waals surface area contributed by atoms with Gasteiger partial charge in [-0.1, -0.05) is 179 Å². The van der Waals surface area contributed by atoms with E-state index in [-0.39, 0.29) is 19.6 Å². The van der Waals surface area contributed by atoms with Gasteiger partial charge in [0.1, 0.15) is 0 Å². The summed E-state index contributed by atoms with van der Waals surface area (Å²) in [5.74, 6) is -0.459. The first-order valence-electron chi connectivity index (χ1n) is 21.7. The second kappa shape index (κ2) is 38.9. The topological polar surface area (TPSA) is 151 Å². The third-order valence-corrected chi connectivity index (χ3v) is 10.5. The number of hydrogen-bond donors (Lipinski definition) is 5. The molecule has 0 aromatic rings. The van der Waals surface area contributed by atoms with Crippen LogP contribution in [0.25, 0.3) is 0 Å². The number of aliphatic hydroxyl groups is 2. The second-order valence-electron chi connectivity index (χ2n) is 14.7. The normalized spacial score (nSPS) is 15.1. The third-order valence-electron chi connectivity index (χ3n) is 9.50. The van der Waals surface area contributed by atoms with Crippen molar-refractivity contribution in [3.05, 3.63) is 36.5 Å². The molecule has 9 nitrogen and oxygen atoms in total. The predicted molar refractivity (Wildman–Crippen MR) is 223 cm³/mol. The van der Waals surface area contributed by atoms with Crippen molar-refractivity contribution in [2.45, 2.75) is 212 Å². The smallest absolute Gasteiger partial charge is 0.393 e. The van der Waals surface area contributed by atoms with Crippen LogP contribution >= 0.6 is 7.82 Å². The molecular formula is C43H83N2O7P. The van der Waals surface area contributed by atoms with Crippen LogP contribution in [0, 0.1) is 0 Å². The Hall–Kier alpha value is -1.32. The fourth-order valence-corrected chi connectivity index (χ4v) is 6.97. The molecule has 1 amide bonds. The number of aliphatic hydroxyl groups excluding tert-OH is 2. The van der Waals surface area contributed by atoms with Crippen LogP contribution < -0.4 is 11.1 Å². The molecule has 0 bridgehead atoms. The van der Waals surface area contributed by atoms with Crippen molar-refractivity contribution < 1.29 is 33.5 Å². The predicted octanol–water partition coefficient (Wildman–Crippen LogP) is 10.9. The van der Waals surface area contributed by atoms with E-state index in [0.717, 1.165) is 44.9 Å². The largest absolute Gasteiger partial charge is 0.472 e. The van der Waals surface area contributed by atoms with Gasteiger partial charge < -0.3 is 26.2 Å². The molecular weight excluding hydrogens is 687 g/mol. The van der Waals surface area contributed by atoms with Crippen LogP contribution in [0.2, 0.25) is 0 Å². The van der Waals surface area contributed by atoms with Gasteiger partial charge in [-0.3, -0.25) is 13.8 Å². The molecule has 0 spiro atoms. The molecule has 0 aliphatic heterocycles. The highest BCUT2D eigenvalue weighted by Crippen LogP contribution is 2.43. The van der Waals surface area contributed by atoms with E-state index in [2.05, 4.69) is 43.5 Å². The van der Waals surface area contributed by atoms with Crippen LogP contribution in [0.5, 0.6) is 0 Å². The highest BCUT2D eigenvalue weighted by atomic mass is 31.2. The number of rotatable bonds is 40. The maximum absolute atomic E-state index is 12.8. The zero-order valence-electron chi connectivity index (χ0n) is 34.1. The third kappa shape index (κ3) is 37.4. The van der Waals surface area contributed by atoms with Crippen LogP contribution in [0.4, 0.5) is 0 Å². The zero-order chi connectivity index (χ0) is 39.1. The van der Waals surface area contributed by atoms with E-state index >= 15 is 0 Å². The summed E-state index contributed by atoms with van der Waals surface area (Å²) < 4.78 is 22.0. The van der Waals surface area contributed by atoms with Gasteiger partial charge in [0.15, 0.2) is 0 Å². The van der Waals surface area contributed by atoms with Gasteiger partial charge in [-0.25, -0.2) is 4.57 Å². The average Bonchev–Trinajstić information content (AvgIpc) is 3.13. The number of nitrogens with two attached hydrogens (primary N) is 1. The van der Waals surface area contributed by atoms with Gasteiger partial charge in [0, 0.05) is 6.54 Å². The summed E-state index contributed by atoms with van der Waals surface area (Å²) in [6, 6.07) is -1.00. The number of unbranched alkanes of at least 4 members (excludes halogenated alkanes) is 22. The highest BCUT2D eigenvalue weighted by Gasteiger charge is 2.27. The molecule has 312 valence electrons. The lowest BCUT2D eigenvalue weighted by Gasteiger charge is -2.24. The molecule has 0 radical (unpaired) electrons. The summed E-state index contributed by atoms with van der Waals surface area (Å²) in [5.41, 5.74) is 5.36. The summed E-state index contributed by atoms with van der Waals surface area (Å²) in [4.78, 5) is 22.7. The lowest BCUT2D eigenvalue weighted by molar-refractivity contribution is -0.124. The Morgan fingerprint density at radius 2 is 1.08 bits per heavy atom. The van der Waals surface area contributed by atoms with Gasteiger partial charge in [-0.15, -0.1) is 0 Å². The van der Waals surface area contributed by atoms with Crippen molar-refractivity contribution in [1.82, 2.24) is 5.32 Å². The molecule has 0 aliphatic carbocycles. The SMILES string of the molecule is CCCCCCC/C=C/CC/C=C/CC/C=C/C(O)C(COP(=O)(O)OCCN)NC(=O)CC(O)CCCCCCCCCCCCCCCCCC. The fourth-order valence-electron chi connectivity index (χ4n) is 6.21. The van der Waals surface area contributed by atoms with Crippen molar-refractivity contribution in [2.24, 2.45) is 5.73 Å². The number of amides is 1. The number of carbonyl (C=O) groups excluding carboxylic acids is 1. The minimum atomic E-state index is -4.41. The number of hydrogen-bond acceptors (Lipinski definition) is 7. The number of phosphoric ester groups is 1. The molecule has 0 aliphatic rings. The minimum absolute atomic E-state index is 0.0427. The van der Waals surface area contributed by atoms with Gasteiger partial charge in [-0.05, 0) is 44.9 Å². The maximum Gasteiger partial charge on any atom is 0.472 e.